The number of amidine groups is 1. The number of nitrogens with one attached hydrogen (secondary N) is 2. The number of allylic oxidation sites excluding steroid dienone is 5. The number of benzene rings is 1. The fourth-order valence-electron chi connectivity index (χ4n) is 4.14. The third-order valence-electron chi connectivity index (χ3n) is 6.78. The van der Waals surface area contributed by atoms with Gasteiger partial charge in [0, 0.05) is 11.1 Å². The van der Waals surface area contributed by atoms with Crippen molar-refractivity contribution in [2.45, 2.75) is 78.7 Å². The molecule has 278 valence electrons. The third kappa shape index (κ3) is 14.9. The van der Waals surface area contributed by atoms with Crippen LogP contribution in [-0.4, -0.2) is 39.1 Å². The van der Waals surface area contributed by atoms with Crippen LogP contribution in [0.1, 0.15) is 69.7 Å². The molecule has 1 aromatic heterocycles. The summed E-state index contributed by atoms with van der Waals surface area (Å²) in [7, 11) is -4.19. The van der Waals surface area contributed by atoms with Gasteiger partial charge in [-0.25, -0.2) is 9.86 Å². The number of oxime groups is 1. The number of hydrogen-bond donors (Lipinski definition) is 4. The highest BCUT2D eigenvalue weighted by atomic mass is 32.2. The number of carbonyl (C=O) groups excluding carboxylic acids is 1. The highest BCUT2D eigenvalue weighted by Gasteiger charge is 2.34. The topological polar surface area (TPSA) is 162 Å². The molecule has 0 aliphatic carbocycles. The first-order chi connectivity index (χ1) is 23.1. The zero-order valence-corrected chi connectivity index (χ0v) is 29.2. The lowest BCUT2D eigenvalue weighted by molar-refractivity contribution is -0.126. The summed E-state index contributed by atoms with van der Waals surface area (Å²) >= 11 is 0. The van der Waals surface area contributed by atoms with Crippen molar-refractivity contribution in [1.82, 2.24) is 10.0 Å². The van der Waals surface area contributed by atoms with E-state index in [1.165, 1.54) is 6.08 Å². The van der Waals surface area contributed by atoms with Crippen molar-refractivity contribution >= 4 is 32.9 Å². The molecule has 1 aromatic carbocycles. The van der Waals surface area contributed by atoms with E-state index in [0.717, 1.165) is 28.5 Å². The van der Waals surface area contributed by atoms with Crippen LogP contribution in [0.2, 0.25) is 0 Å². The average molecular weight is 736 g/mol. The Bertz CT molecular complexity index is 1740. The van der Waals surface area contributed by atoms with E-state index in [0.29, 0.717) is 29.3 Å². The van der Waals surface area contributed by atoms with Crippen LogP contribution < -0.4 is 20.9 Å². The Balaban J connectivity index is 0.000000500. The number of furan rings is 1. The molecule has 0 bridgehead atoms. The van der Waals surface area contributed by atoms with Gasteiger partial charge in [0.05, 0.1) is 18.3 Å². The Morgan fingerprint density at radius 2 is 1.78 bits per heavy atom. The van der Waals surface area contributed by atoms with Gasteiger partial charge in [-0.1, -0.05) is 51.2 Å². The molecule has 1 heterocycles. The zero-order valence-electron chi connectivity index (χ0n) is 28.4. The van der Waals surface area contributed by atoms with Gasteiger partial charge in [0.25, 0.3) is 16.1 Å². The van der Waals surface area contributed by atoms with Gasteiger partial charge in [0.1, 0.15) is 18.2 Å². The minimum Gasteiger partial charge on any atom is -0.464 e. The zero-order chi connectivity index (χ0) is 38.4. The molecule has 50 heavy (non-hydrogen) atoms. The van der Waals surface area contributed by atoms with Gasteiger partial charge in [-0.05, 0) is 85.2 Å². The first kappa shape index (κ1) is 43.5. The van der Waals surface area contributed by atoms with E-state index >= 15 is 0 Å². The molecule has 10 nitrogen and oxygen atoms in total. The van der Waals surface area contributed by atoms with Gasteiger partial charge in [-0.2, -0.15) is 34.8 Å². The second-order valence-corrected chi connectivity index (χ2v) is 12.1. The molecule has 2 aromatic rings. The lowest BCUT2D eigenvalue weighted by Gasteiger charge is -2.20. The van der Waals surface area contributed by atoms with E-state index in [4.69, 9.17) is 20.1 Å². The van der Waals surface area contributed by atoms with Crippen LogP contribution in [0.3, 0.4) is 0 Å². The number of nitrogens with zero attached hydrogens (tertiary/aromatic N) is 1. The molecule has 1 unspecified atom stereocenters. The molecule has 6 N–H and O–H groups in total. The molecule has 17 heteroatoms. The Morgan fingerprint density at radius 1 is 1.14 bits per heavy atom. The second-order valence-electron chi connectivity index (χ2n) is 10.8. The number of rotatable bonds is 15. The van der Waals surface area contributed by atoms with Crippen LogP contribution in [0.25, 0.3) is 11.0 Å². The minimum atomic E-state index is -4.89. The van der Waals surface area contributed by atoms with E-state index in [1.54, 1.807) is 43.0 Å². The van der Waals surface area contributed by atoms with Crippen LogP contribution in [0.4, 0.5) is 26.3 Å². The molecule has 0 aliphatic rings. The lowest BCUT2D eigenvalue weighted by atomic mass is 9.98. The summed E-state index contributed by atoms with van der Waals surface area (Å²) in [4.78, 5) is 17.3. The maximum atomic E-state index is 12.9. The van der Waals surface area contributed by atoms with Crippen molar-refractivity contribution in [3.63, 3.8) is 0 Å². The van der Waals surface area contributed by atoms with Crippen molar-refractivity contribution in [3.05, 3.63) is 95.0 Å². The van der Waals surface area contributed by atoms with Crippen LogP contribution in [0.5, 0.6) is 0 Å². The van der Waals surface area contributed by atoms with Crippen LogP contribution in [0.15, 0.2) is 87.8 Å². The van der Waals surface area contributed by atoms with Gasteiger partial charge < -0.3 is 20.3 Å². The molecular weight excluding hydrogens is 692 g/mol. The highest BCUT2D eigenvalue weighted by Crippen LogP contribution is 2.32. The molecule has 0 aliphatic heterocycles. The van der Waals surface area contributed by atoms with Crippen LogP contribution in [0, 0.1) is 6.92 Å². The Morgan fingerprint density at radius 3 is 2.28 bits per heavy atom. The summed E-state index contributed by atoms with van der Waals surface area (Å²) in [6.07, 6.45) is -4.09. The maximum Gasteiger partial charge on any atom is 0.416 e. The quantitative estimate of drug-likeness (QED) is 0.0488. The highest BCUT2D eigenvalue weighted by molar-refractivity contribution is 7.87. The predicted molar refractivity (Wildman–Crippen MR) is 182 cm³/mol. The summed E-state index contributed by atoms with van der Waals surface area (Å²) in [5.41, 5.74) is 8.55. The largest absolute Gasteiger partial charge is 0.464 e. The van der Waals surface area contributed by atoms with E-state index in [9.17, 15) is 39.6 Å². The van der Waals surface area contributed by atoms with Crippen LogP contribution >= 0.6 is 0 Å². The van der Waals surface area contributed by atoms with E-state index in [-0.39, 0.29) is 30.5 Å². The fourth-order valence-corrected chi connectivity index (χ4v) is 4.54. The van der Waals surface area contributed by atoms with Crippen molar-refractivity contribution in [2.24, 2.45) is 16.0 Å². The van der Waals surface area contributed by atoms with E-state index in [1.807, 2.05) is 20.8 Å². The van der Waals surface area contributed by atoms with Crippen molar-refractivity contribution < 1.29 is 48.8 Å². The summed E-state index contributed by atoms with van der Waals surface area (Å²) in [5.74, 6) is -0.728. The van der Waals surface area contributed by atoms with Crippen molar-refractivity contribution in [2.75, 3.05) is 6.61 Å². The number of alkyl halides is 6. The standard InChI is InChI=1S/C17H21N3O4S.C16H22F6N2O/c1-5-11(4)19-15(17(21)20-25(18,22)23)13-7-12(6-2)16-14(8-13)10(3)9-24-16;1-4-6-11(3)14(23)24-25-10-12(5-2)9-13(16(20,21)22)7-8-15(17,18)19/h5,7-9,15,19H,1,4,6H2,2-3H3,(H,20,21)(H2,18,22,23);6-7,9H,4-5,8,10H2,1-3H3,(H2,23,24)/b;11-6+,12-9+,13-7+. The Labute approximate surface area is 287 Å². The van der Waals surface area contributed by atoms with Crippen LogP contribution in [-0.2, 0) is 26.3 Å². The molecular formula is C33H43F6N5O5S. The number of fused-ring (bicyclic) bond motifs is 1. The molecule has 0 saturated heterocycles. The minimum absolute atomic E-state index is 0.0842. The normalized spacial score (nSPS) is 14.1. The molecule has 0 fully saturated rings. The first-order valence-electron chi connectivity index (χ1n) is 15.2. The summed E-state index contributed by atoms with van der Waals surface area (Å²) in [5, 5.41) is 12.2. The molecule has 1 amide bonds. The smallest absolute Gasteiger partial charge is 0.416 e. The summed E-state index contributed by atoms with van der Waals surface area (Å²) in [6, 6.07) is 2.57. The van der Waals surface area contributed by atoms with Crippen molar-refractivity contribution in [3.8, 4) is 0 Å². The van der Waals surface area contributed by atoms with Gasteiger partial charge in [0.15, 0.2) is 5.84 Å². The van der Waals surface area contributed by atoms with Gasteiger partial charge >= 0.3 is 12.4 Å². The molecule has 0 spiro atoms. The monoisotopic (exact) mass is 735 g/mol. The molecule has 0 radical (unpaired) electrons. The van der Waals surface area contributed by atoms with Gasteiger partial charge in [0.2, 0.25) is 0 Å². The third-order valence-corrected chi connectivity index (χ3v) is 7.27. The van der Waals surface area contributed by atoms with E-state index in [2.05, 4.69) is 23.6 Å². The molecule has 1 atom stereocenters. The predicted octanol–water partition coefficient (Wildman–Crippen LogP) is 7.36. The number of hydrogen-bond acceptors (Lipinski definition) is 7. The number of halogens is 6. The maximum absolute atomic E-state index is 12.9. The summed E-state index contributed by atoms with van der Waals surface area (Å²) < 4.78 is 105. The van der Waals surface area contributed by atoms with E-state index < -0.39 is 46.5 Å². The Hall–Kier alpha value is -4.51. The number of carbonyl (C=O) groups is 1. The number of aryl methyl sites for hydroxylation is 2. The molecule has 0 saturated carbocycles. The van der Waals surface area contributed by atoms with Crippen molar-refractivity contribution in [1.29, 1.82) is 0 Å². The first-order valence-corrected chi connectivity index (χ1v) is 16.7. The SMILES string of the molecule is C=CC(=C)NC(C(=O)NS(N)(=O)=O)c1cc(CC)c2occ(C)c2c1.CC/C=C(C)/C(N)=N\OC/C(=C/C(=C\CC(F)(F)F)C(F)(F)F)CC. The number of amides is 1. The fraction of sp³-hybridized carbons (Fsp3) is 0.394. The van der Waals surface area contributed by atoms with Gasteiger partial charge in [-0.3, -0.25) is 4.79 Å². The molecule has 2 rings (SSSR count). The second kappa shape index (κ2) is 19.0. The summed E-state index contributed by atoms with van der Waals surface area (Å²) in [6.45, 7) is 16.0. The average Bonchev–Trinajstić information content (AvgIpc) is 3.38. The Kier molecular flexibility index (Phi) is 16.6. The lowest BCUT2D eigenvalue weighted by Crippen LogP contribution is -2.43. The number of nitrogens with two attached hydrogens (primary N) is 2. The van der Waals surface area contributed by atoms with Gasteiger partial charge in [-0.15, -0.1) is 0 Å².